The van der Waals surface area contributed by atoms with Gasteiger partial charge in [0.05, 0.1) is 11.6 Å². The predicted octanol–water partition coefficient (Wildman–Crippen LogP) is 2.83. The van der Waals surface area contributed by atoms with Crippen molar-refractivity contribution >= 4 is 5.91 Å². The van der Waals surface area contributed by atoms with Gasteiger partial charge in [-0.2, -0.15) is 5.10 Å². The van der Waals surface area contributed by atoms with Crippen molar-refractivity contribution in [1.29, 1.82) is 0 Å². The van der Waals surface area contributed by atoms with Crippen LogP contribution >= 0.6 is 0 Å². The molecule has 0 aliphatic heterocycles. The van der Waals surface area contributed by atoms with Gasteiger partial charge in [0.15, 0.2) is 0 Å². The second-order valence-corrected chi connectivity index (χ2v) is 5.56. The second kappa shape index (κ2) is 6.57. The van der Waals surface area contributed by atoms with Crippen molar-refractivity contribution in [3.63, 3.8) is 0 Å². The topological polar surface area (TPSA) is 49.0 Å². The maximum absolute atomic E-state index is 12.6. The van der Waals surface area contributed by atoms with E-state index in [0.717, 1.165) is 29.9 Å². The first-order valence-corrected chi connectivity index (χ1v) is 7.31. The lowest BCUT2D eigenvalue weighted by Gasteiger charge is -2.22. The highest BCUT2D eigenvalue weighted by molar-refractivity contribution is 5.83. The van der Waals surface area contributed by atoms with Crippen molar-refractivity contribution in [2.45, 2.75) is 33.1 Å². The highest BCUT2D eigenvalue weighted by Gasteiger charge is 2.23. The van der Waals surface area contributed by atoms with Crippen molar-refractivity contribution in [2.75, 3.05) is 13.6 Å². The fourth-order valence-corrected chi connectivity index (χ4v) is 2.70. The van der Waals surface area contributed by atoms with Crippen molar-refractivity contribution < 1.29 is 4.79 Å². The largest absolute Gasteiger partial charge is 0.345 e. The number of aromatic amines is 1. The number of hydrogen-bond donors (Lipinski definition) is 1. The molecule has 4 heteroatoms. The molecule has 1 aromatic heterocycles. The second-order valence-electron chi connectivity index (χ2n) is 5.56. The maximum atomic E-state index is 12.6. The minimum absolute atomic E-state index is 0.138. The molecule has 112 valence electrons. The maximum Gasteiger partial charge on any atom is 0.229 e. The van der Waals surface area contributed by atoms with Crippen molar-refractivity contribution in [1.82, 2.24) is 15.1 Å². The molecule has 0 bridgehead atoms. The fourth-order valence-electron chi connectivity index (χ4n) is 2.70. The molecule has 0 unspecified atom stereocenters. The van der Waals surface area contributed by atoms with Gasteiger partial charge in [0.25, 0.3) is 0 Å². The van der Waals surface area contributed by atoms with Crippen LogP contribution in [-0.4, -0.2) is 34.6 Å². The van der Waals surface area contributed by atoms with Gasteiger partial charge in [0.1, 0.15) is 0 Å². The molecule has 0 spiro atoms. The molecule has 2 rings (SSSR count). The summed E-state index contributed by atoms with van der Waals surface area (Å²) in [7, 11) is 1.87. The van der Waals surface area contributed by atoms with Gasteiger partial charge in [-0.3, -0.25) is 9.89 Å². The van der Waals surface area contributed by atoms with E-state index in [1.165, 1.54) is 5.56 Å². The third-order valence-corrected chi connectivity index (χ3v) is 3.94. The van der Waals surface area contributed by atoms with Crippen LogP contribution in [0, 0.1) is 13.8 Å². The van der Waals surface area contributed by atoms with E-state index in [4.69, 9.17) is 0 Å². The summed E-state index contributed by atoms with van der Waals surface area (Å²) >= 11 is 0. The van der Waals surface area contributed by atoms with Gasteiger partial charge < -0.3 is 4.90 Å². The number of rotatable bonds is 5. The van der Waals surface area contributed by atoms with Gasteiger partial charge in [-0.05, 0) is 32.8 Å². The van der Waals surface area contributed by atoms with E-state index < -0.39 is 0 Å². The molecule has 1 amide bonds. The number of aromatic nitrogens is 2. The van der Waals surface area contributed by atoms with E-state index in [0.29, 0.717) is 0 Å². The summed E-state index contributed by atoms with van der Waals surface area (Å²) in [6.07, 6.45) is 0.874. The van der Waals surface area contributed by atoms with Gasteiger partial charge in [0.2, 0.25) is 5.91 Å². The summed E-state index contributed by atoms with van der Waals surface area (Å²) in [6.45, 7) is 6.57. The van der Waals surface area contributed by atoms with E-state index in [1.54, 1.807) is 0 Å². The van der Waals surface area contributed by atoms with Crippen LogP contribution in [0.2, 0.25) is 0 Å². The normalized spacial score (nSPS) is 12.2. The lowest BCUT2D eigenvalue weighted by atomic mass is 9.97. The number of H-pyrrole nitrogens is 1. The number of likely N-dealkylation sites (N-methyl/N-ethyl adjacent to an activating group) is 1. The summed E-state index contributed by atoms with van der Waals surface area (Å²) < 4.78 is 0. The molecule has 1 heterocycles. The molecule has 1 atom stereocenters. The van der Waals surface area contributed by atoms with Gasteiger partial charge in [-0.1, -0.05) is 30.3 Å². The van der Waals surface area contributed by atoms with E-state index in [-0.39, 0.29) is 11.8 Å². The summed E-state index contributed by atoms with van der Waals surface area (Å²) in [6, 6.07) is 10.2. The molecule has 21 heavy (non-hydrogen) atoms. The smallest absolute Gasteiger partial charge is 0.229 e. The molecule has 0 saturated carbocycles. The molecule has 2 aromatic rings. The van der Waals surface area contributed by atoms with Gasteiger partial charge in [0, 0.05) is 24.8 Å². The minimum atomic E-state index is -0.162. The third kappa shape index (κ3) is 3.51. The number of benzene rings is 1. The SMILES string of the molecule is Cc1n[nH]c(C)c1[C@@H](C)C(=O)N(C)CCc1ccccc1. The molecule has 0 radical (unpaired) electrons. The van der Waals surface area contributed by atoms with Crippen LogP contribution in [0.15, 0.2) is 30.3 Å². The molecule has 1 aromatic carbocycles. The zero-order valence-electron chi connectivity index (χ0n) is 13.2. The molecule has 1 N–H and O–H groups in total. The van der Waals surface area contributed by atoms with Crippen LogP contribution in [0.3, 0.4) is 0 Å². The van der Waals surface area contributed by atoms with Crippen LogP contribution in [0.25, 0.3) is 0 Å². The molecule has 0 fully saturated rings. The quantitative estimate of drug-likeness (QED) is 0.918. The minimum Gasteiger partial charge on any atom is -0.345 e. The van der Waals surface area contributed by atoms with Gasteiger partial charge in [-0.25, -0.2) is 0 Å². The monoisotopic (exact) mass is 285 g/mol. The number of nitrogens with zero attached hydrogens (tertiary/aromatic N) is 2. The summed E-state index contributed by atoms with van der Waals surface area (Å²) in [5.41, 5.74) is 4.15. The molecular formula is C17H23N3O. The van der Waals surface area contributed by atoms with Gasteiger partial charge >= 0.3 is 0 Å². The molecule has 4 nitrogen and oxygen atoms in total. The number of amides is 1. The number of hydrogen-bond acceptors (Lipinski definition) is 2. The first-order chi connectivity index (χ1) is 10.0. The van der Waals surface area contributed by atoms with Gasteiger partial charge in [-0.15, -0.1) is 0 Å². The fraction of sp³-hybridized carbons (Fsp3) is 0.412. The number of carbonyl (C=O) groups excluding carboxylic acids is 1. The first-order valence-electron chi connectivity index (χ1n) is 7.31. The predicted molar refractivity (Wildman–Crippen MR) is 84.3 cm³/mol. The molecule has 0 aliphatic carbocycles. The van der Waals surface area contributed by atoms with Crippen molar-refractivity contribution in [3.05, 3.63) is 52.8 Å². The first kappa shape index (κ1) is 15.3. The Morgan fingerprint density at radius 2 is 1.95 bits per heavy atom. The molecular weight excluding hydrogens is 262 g/mol. The Labute approximate surface area is 126 Å². The van der Waals surface area contributed by atoms with Crippen molar-refractivity contribution in [3.8, 4) is 0 Å². The number of aryl methyl sites for hydroxylation is 2. The summed E-state index contributed by atoms with van der Waals surface area (Å²) in [5, 5.41) is 7.13. The Balaban J connectivity index is 1.99. The van der Waals surface area contributed by atoms with E-state index in [2.05, 4.69) is 22.3 Å². The summed E-state index contributed by atoms with van der Waals surface area (Å²) in [5.74, 6) is -0.0249. The molecule has 0 aliphatic rings. The third-order valence-electron chi connectivity index (χ3n) is 3.94. The average molecular weight is 285 g/mol. The van der Waals surface area contributed by atoms with Crippen molar-refractivity contribution in [2.24, 2.45) is 0 Å². The Bertz CT molecular complexity index is 584. The van der Waals surface area contributed by atoms with Crippen LogP contribution in [0.4, 0.5) is 0 Å². The summed E-state index contributed by atoms with van der Waals surface area (Å²) in [4.78, 5) is 14.4. The Morgan fingerprint density at radius 1 is 1.29 bits per heavy atom. The Morgan fingerprint density at radius 3 is 2.52 bits per heavy atom. The average Bonchev–Trinajstić information content (AvgIpc) is 2.83. The highest BCUT2D eigenvalue weighted by Crippen LogP contribution is 2.23. The zero-order valence-corrected chi connectivity index (χ0v) is 13.2. The Hall–Kier alpha value is -2.10. The lowest BCUT2D eigenvalue weighted by Crippen LogP contribution is -2.32. The molecule has 0 saturated heterocycles. The highest BCUT2D eigenvalue weighted by atomic mass is 16.2. The number of carbonyl (C=O) groups is 1. The standard InChI is InChI=1S/C17H23N3O/c1-12(16-13(2)18-19-14(16)3)17(21)20(4)11-10-15-8-6-5-7-9-15/h5-9,12H,10-11H2,1-4H3,(H,18,19)/t12-/m1/s1. The van der Waals surface area contributed by atoms with Crippen LogP contribution < -0.4 is 0 Å². The zero-order chi connectivity index (χ0) is 15.4. The van der Waals surface area contributed by atoms with E-state index >= 15 is 0 Å². The number of nitrogens with one attached hydrogen (secondary N) is 1. The van der Waals surface area contributed by atoms with Crippen LogP contribution in [0.5, 0.6) is 0 Å². The van der Waals surface area contributed by atoms with Crippen LogP contribution in [0.1, 0.15) is 35.4 Å². The lowest BCUT2D eigenvalue weighted by molar-refractivity contribution is -0.131. The van der Waals surface area contributed by atoms with E-state index in [1.807, 2.05) is 50.9 Å². The van der Waals surface area contributed by atoms with Crippen LogP contribution in [-0.2, 0) is 11.2 Å². The van der Waals surface area contributed by atoms with E-state index in [9.17, 15) is 4.79 Å². The Kier molecular flexibility index (Phi) is 4.78.